The van der Waals surface area contributed by atoms with Crippen molar-refractivity contribution in [3.05, 3.63) is 35.9 Å². The first-order valence-electron chi connectivity index (χ1n) is 8.81. The molecule has 0 saturated carbocycles. The molecule has 1 heterocycles. The highest BCUT2D eigenvalue weighted by molar-refractivity contribution is 14.0. The maximum absolute atomic E-state index is 5.42. The van der Waals surface area contributed by atoms with Gasteiger partial charge >= 0.3 is 0 Å². The second-order valence-corrected chi connectivity index (χ2v) is 5.93. The molecule has 146 valence electrons. The smallest absolute Gasteiger partial charge is 0.191 e. The van der Waals surface area contributed by atoms with E-state index >= 15 is 0 Å². The lowest BCUT2D eigenvalue weighted by molar-refractivity contribution is 0.260. The average molecular weight is 474 g/mol. The van der Waals surface area contributed by atoms with Gasteiger partial charge in [0, 0.05) is 32.7 Å². The molecule has 7 heteroatoms. The van der Waals surface area contributed by atoms with Gasteiger partial charge in [-0.2, -0.15) is 0 Å². The Labute approximate surface area is 174 Å². The molecule has 0 radical (unpaired) electrons. The lowest BCUT2D eigenvalue weighted by atomic mass is 9.99. The number of benzene rings is 1. The number of nitrogens with zero attached hydrogens (tertiary/aromatic N) is 2. The molecule has 0 aliphatic carbocycles. The Hall–Kier alpha value is -1.48. The number of methoxy groups -OCH3 is 2. The van der Waals surface area contributed by atoms with E-state index in [0.717, 1.165) is 56.6 Å². The van der Waals surface area contributed by atoms with Crippen LogP contribution < -0.4 is 20.1 Å². The third kappa shape index (κ3) is 6.35. The van der Waals surface area contributed by atoms with Gasteiger partial charge in [0.25, 0.3) is 0 Å². The summed E-state index contributed by atoms with van der Waals surface area (Å²) in [4.78, 5) is 7.05. The van der Waals surface area contributed by atoms with E-state index in [4.69, 9.17) is 9.47 Å². The van der Waals surface area contributed by atoms with Crippen LogP contribution in [0.5, 0.6) is 11.5 Å². The quantitative estimate of drug-likeness (QED) is 0.263. The highest BCUT2D eigenvalue weighted by Crippen LogP contribution is 2.33. The van der Waals surface area contributed by atoms with E-state index in [1.807, 2.05) is 6.08 Å². The van der Waals surface area contributed by atoms with Gasteiger partial charge in [0.05, 0.1) is 20.8 Å². The fraction of sp³-hybridized carbons (Fsp3) is 0.526. The molecule has 0 bridgehead atoms. The molecule has 0 atom stereocenters. The number of hydrogen-bond acceptors (Lipinski definition) is 4. The average Bonchev–Trinajstić information content (AvgIpc) is 2.64. The minimum absolute atomic E-state index is 0. The molecule has 0 unspecified atom stereocenters. The third-order valence-corrected chi connectivity index (χ3v) is 4.24. The standard InChI is InChI=1S/C19H30N4O2.HI/c1-5-8-21-19(20-6-2)22-9-11-23-10-7-15-12-17(24-3)18(25-4)13-16(15)14-23;/h5,12-13H,1,6-11,14H2,2-4H3,(H2,20,21,22);1H. The molecule has 0 spiro atoms. The van der Waals surface area contributed by atoms with Crippen LogP contribution in [0.15, 0.2) is 29.8 Å². The summed E-state index contributed by atoms with van der Waals surface area (Å²) in [6, 6.07) is 4.20. The number of nitrogens with one attached hydrogen (secondary N) is 2. The largest absolute Gasteiger partial charge is 0.493 e. The molecule has 2 rings (SSSR count). The van der Waals surface area contributed by atoms with Crippen LogP contribution in [0.4, 0.5) is 0 Å². The van der Waals surface area contributed by atoms with Crippen molar-refractivity contribution in [2.24, 2.45) is 4.99 Å². The van der Waals surface area contributed by atoms with Gasteiger partial charge in [0.1, 0.15) is 0 Å². The SMILES string of the molecule is C=CCNC(=NCCN1CCc2cc(OC)c(OC)cc2C1)NCC.I. The van der Waals surface area contributed by atoms with Crippen LogP contribution in [0.2, 0.25) is 0 Å². The first-order chi connectivity index (χ1) is 12.2. The zero-order valence-electron chi connectivity index (χ0n) is 16.0. The molecule has 0 aromatic heterocycles. The lowest BCUT2D eigenvalue weighted by Crippen LogP contribution is -2.38. The van der Waals surface area contributed by atoms with Gasteiger partial charge in [0.2, 0.25) is 0 Å². The second kappa shape index (κ2) is 12.0. The molecule has 1 aliphatic heterocycles. The Bertz CT molecular complexity index is 607. The Morgan fingerprint density at radius 2 is 1.92 bits per heavy atom. The molecule has 0 fully saturated rings. The van der Waals surface area contributed by atoms with Crippen molar-refractivity contribution in [3.8, 4) is 11.5 Å². The van der Waals surface area contributed by atoms with Crippen molar-refractivity contribution < 1.29 is 9.47 Å². The number of guanidine groups is 1. The van der Waals surface area contributed by atoms with Crippen molar-refractivity contribution in [3.63, 3.8) is 0 Å². The van der Waals surface area contributed by atoms with E-state index in [1.165, 1.54) is 11.1 Å². The number of hydrogen-bond donors (Lipinski definition) is 2. The monoisotopic (exact) mass is 474 g/mol. The number of fused-ring (bicyclic) bond motifs is 1. The van der Waals surface area contributed by atoms with Gasteiger partial charge < -0.3 is 20.1 Å². The molecular formula is C19H31IN4O2. The van der Waals surface area contributed by atoms with Crippen LogP contribution in [0.1, 0.15) is 18.1 Å². The Balaban J connectivity index is 0.00000338. The van der Waals surface area contributed by atoms with Crippen LogP contribution >= 0.6 is 24.0 Å². The normalized spacial score (nSPS) is 14.0. The fourth-order valence-electron chi connectivity index (χ4n) is 2.95. The maximum Gasteiger partial charge on any atom is 0.191 e. The molecule has 1 aromatic rings. The summed E-state index contributed by atoms with van der Waals surface area (Å²) < 4.78 is 10.8. The summed E-state index contributed by atoms with van der Waals surface area (Å²) in [5.74, 6) is 2.44. The van der Waals surface area contributed by atoms with Crippen molar-refractivity contribution in [1.29, 1.82) is 0 Å². The van der Waals surface area contributed by atoms with Gasteiger partial charge in [0.15, 0.2) is 17.5 Å². The summed E-state index contributed by atoms with van der Waals surface area (Å²) in [6.07, 6.45) is 2.85. The van der Waals surface area contributed by atoms with Gasteiger partial charge in [-0.25, -0.2) is 0 Å². The highest BCUT2D eigenvalue weighted by Gasteiger charge is 2.19. The van der Waals surface area contributed by atoms with Crippen LogP contribution in [-0.4, -0.2) is 57.8 Å². The predicted molar refractivity (Wildman–Crippen MR) is 118 cm³/mol. The van der Waals surface area contributed by atoms with Crippen molar-refractivity contribution in [2.75, 3.05) is 46.9 Å². The molecule has 1 aliphatic rings. The summed E-state index contributed by atoms with van der Waals surface area (Å²) in [5.41, 5.74) is 2.66. The Morgan fingerprint density at radius 3 is 2.54 bits per heavy atom. The zero-order valence-corrected chi connectivity index (χ0v) is 18.3. The predicted octanol–water partition coefficient (Wildman–Crippen LogP) is 2.42. The fourth-order valence-corrected chi connectivity index (χ4v) is 2.95. The first kappa shape index (κ1) is 22.6. The molecule has 26 heavy (non-hydrogen) atoms. The highest BCUT2D eigenvalue weighted by atomic mass is 127. The number of halogens is 1. The van der Waals surface area contributed by atoms with E-state index in [2.05, 4.69) is 46.2 Å². The Kier molecular flexibility index (Phi) is 10.4. The molecule has 0 saturated heterocycles. The lowest BCUT2D eigenvalue weighted by Gasteiger charge is -2.29. The Morgan fingerprint density at radius 1 is 1.23 bits per heavy atom. The minimum Gasteiger partial charge on any atom is -0.493 e. The van der Waals surface area contributed by atoms with Crippen LogP contribution in [-0.2, 0) is 13.0 Å². The summed E-state index contributed by atoms with van der Waals surface area (Å²) in [6.45, 7) is 11.0. The van der Waals surface area contributed by atoms with Crippen LogP contribution in [0.25, 0.3) is 0 Å². The van der Waals surface area contributed by atoms with E-state index in [1.54, 1.807) is 14.2 Å². The van der Waals surface area contributed by atoms with Crippen molar-refractivity contribution in [1.82, 2.24) is 15.5 Å². The molecule has 6 nitrogen and oxygen atoms in total. The van der Waals surface area contributed by atoms with Crippen molar-refractivity contribution in [2.45, 2.75) is 19.9 Å². The number of rotatable bonds is 8. The molecule has 2 N–H and O–H groups in total. The zero-order chi connectivity index (χ0) is 18.1. The first-order valence-corrected chi connectivity index (χ1v) is 8.81. The van der Waals surface area contributed by atoms with Gasteiger partial charge in [-0.15, -0.1) is 30.6 Å². The molecule has 1 aromatic carbocycles. The topological polar surface area (TPSA) is 58.1 Å². The van der Waals surface area contributed by atoms with Gasteiger partial charge in [-0.1, -0.05) is 6.08 Å². The maximum atomic E-state index is 5.42. The number of aliphatic imine (C=N–C) groups is 1. The van der Waals surface area contributed by atoms with Gasteiger partial charge in [-0.05, 0) is 36.6 Å². The second-order valence-electron chi connectivity index (χ2n) is 5.93. The van der Waals surface area contributed by atoms with E-state index in [9.17, 15) is 0 Å². The molecular weight excluding hydrogens is 443 g/mol. The van der Waals surface area contributed by atoms with Crippen LogP contribution in [0, 0.1) is 0 Å². The van der Waals surface area contributed by atoms with E-state index < -0.39 is 0 Å². The minimum atomic E-state index is 0. The van der Waals surface area contributed by atoms with Crippen LogP contribution in [0.3, 0.4) is 0 Å². The summed E-state index contributed by atoms with van der Waals surface area (Å²) in [7, 11) is 3.36. The summed E-state index contributed by atoms with van der Waals surface area (Å²) in [5, 5.41) is 6.46. The number of ether oxygens (including phenoxy) is 2. The molecule has 0 amide bonds. The van der Waals surface area contributed by atoms with Crippen molar-refractivity contribution >= 4 is 29.9 Å². The van der Waals surface area contributed by atoms with E-state index in [0.29, 0.717) is 6.54 Å². The summed E-state index contributed by atoms with van der Waals surface area (Å²) >= 11 is 0. The van der Waals surface area contributed by atoms with E-state index in [-0.39, 0.29) is 24.0 Å². The third-order valence-electron chi connectivity index (χ3n) is 4.24. The van der Waals surface area contributed by atoms with Gasteiger partial charge in [-0.3, -0.25) is 9.89 Å².